The van der Waals surface area contributed by atoms with Gasteiger partial charge in [0.25, 0.3) is 0 Å². The van der Waals surface area contributed by atoms with Crippen LogP contribution in [0, 0.1) is 0 Å². The average molecular weight is 224 g/mol. The molecule has 1 aromatic heterocycles. The molecule has 0 aliphatic carbocycles. The molecular weight excluding hydrogens is 208 g/mol. The molecule has 0 bridgehead atoms. The molecule has 5 heteroatoms. The quantitative estimate of drug-likeness (QED) is 0.575. The van der Waals surface area contributed by atoms with Gasteiger partial charge >= 0.3 is 5.97 Å². The van der Waals surface area contributed by atoms with Crippen LogP contribution in [0.3, 0.4) is 0 Å². The zero-order chi connectivity index (χ0) is 12.3. The fourth-order valence-electron chi connectivity index (χ4n) is 1.14. The molecule has 0 fully saturated rings. The predicted molar refractivity (Wildman–Crippen MR) is 58.1 cm³/mol. The van der Waals surface area contributed by atoms with Crippen molar-refractivity contribution in [2.45, 2.75) is 39.8 Å². The minimum absolute atomic E-state index is 0.0184. The molecule has 0 amide bonds. The van der Waals surface area contributed by atoms with Crippen LogP contribution in [0.2, 0.25) is 0 Å². The third-order valence-electron chi connectivity index (χ3n) is 1.75. The molecule has 0 spiro atoms. The zero-order valence-electron chi connectivity index (χ0n) is 9.98. The van der Waals surface area contributed by atoms with Gasteiger partial charge in [0.1, 0.15) is 12.1 Å². The Bertz CT molecular complexity index is 402. The molecule has 0 saturated heterocycles. The first-order valence-electron chi connectivity index (χ1n) is 5.03. The molecule has 16 heavy (non-hydrogen) atoms. The normalized spacial score (nSPS) is 11.2. The smallest absolute Gasteiger partial charge is 0.328 e. The summed E-state index contributed by atoms with van der Waals surface area (Å²) in [6, 6.07) is 0. The van der Waals surface area contributed by atoms with E-state index in [0.29, 0.717) is 5.56 Å². The molecule has 0 atom stereocenters. The first kappa shape index (κ1) is 12.4. The van der Waals surface area contributed by atoms with Crippen molar-refractivity contribution in [3.05, 3.63) is 18.0 Å². The second-order valence-corrected chi connectivity index (χ2v) is 4.57. The summed E-state index contributed by atoms with van der Waals surface area (Å²) in [5.41, 5.74) is -0.0169. The highest BCUT2D eigenvalue weighted by atomic mass is 16.6. The predicted octanol–water partition coefficient (Wildman–Crippen LogP) is 1.43. The van der Waals surface area contributed by atoms with E-state index >= 15 is 0 Å². The molecule has 0 unspecified atom stereocenters. The summed E-state index contributed by atoms with van der Waals surface area (Å²) in [6.45, 7) is 6.87. The van der Waals surface area contributed by atoms with E-state index in [1.165, 1.54) is 24.0 Å². The van der Waals surface area contributed by atoms with Gasteiger partial charge < -0.3 is 4.74 Å². The molecular formula is C11H16N2O3. The van der Waals surface area contributed by atoms with Crippen LogP contribution in [-0.2, 0) is 16.1 Å². The standard InChI is InChI=1S/C11H16N2O3/c1-8(14)9-5-12-13(6-9)7-10(15)16-11(2,3)4/h5-6H,7H2,1-4H3. The Morgan fingerprint density at radius 1 is 1.44 bits per heavy atom. The molecule has 5 nitrogen and oxygen atoms in total. The fourth-order valence-corrected chi connectivity index (χ4v) is 1.14. The fraction of sp³-hybridized carbons (Fsp3) is 0.545. The number of ketones is 1. The maximum Gasteiger partial charge on any atom is 0.328 e. The van der Waals surface area contributed by atoms with Crippen LogP contribution in [0.25, 0.3) is 0 Å². The first-order valence-corrected chi connectivity index (χ1v) is 5.03. The molecule has 0 aromatic carbocycles. The number of nitrogens with zero attached hydrogens (tertiary/aromatic N) is 2. The molecule has 0 aliphatic rings. The largest absolute Gasteiger partial charge is 0.459 e. The minimum atomic E-state index is -0.506. The highest BCUT2D eigenvalue weighted by Crippen LogP contribution is 2.08. The number of hydrogen-bond acceptors (Lipinski definition) is 4. The molecule has 0 aliphatic heterocycles. The van der Waals surface area contributed by atoms with Crippen molar-refractivity contribution in [1.82, 2.24) is 9.78 Å². The van der Waals surface area contributed by atoms with Crippen molar-refractivity contribution < 1.29 is 14.3 Å². The van der Waals surface area contributed by atoms with Crippen LogP contribution in [0.4, 0.5) is 0 Å². The Hall–Kier alpha value is -1.65. The second-order valence-electron chi connectivity index (χ2n) is 4.57. The number of rotatable bonds is 3. The van der Waals surface area contributed by atoms with E-state index in [1.54, 1.807) is 20.8 Å². The zero-order valence-corrected chi connectivity index (χ0v) is 9.98. The monoisotopic (exact) mass is 224 g/mol. The number of Topliss-reactive ketones (excluding diaryl/α,β-unsaturated/α-hetero) is 1. The number of ether oxygens (including phenoxy) is 1. The van der Waals surface area contributed by atoms with Crippen molar-refractivity contribution in [3.8, 4) is 0 Å². The maximum atomic E-state index is 11.4. The Morgan fingerprint density at radius 2 is 2.06 bits per heavy atom. The van der Waals surface area contributed by atoms with E-state index < -0.39 is 5.60 Å². The maximum absolute atomic E-state index is 11.4. The molecule has 0 saturated carbocycles. The lowest BCUT2D eigenvalue weighted by atomic mass is 10.2. The number of aromatic nitrogens is 2. The van der Waals surface area contributed by atoms with Crippen LogP contribution in [-0.4, -0.2) is 27.1 Å². The summed E-state index contributed by atoms with van der Waals surface area (Å²) in [7, 11) is 0. The van der Waals surface area contributed by atoms with E-state index in [2.05, 4.69) is 5.10 Å². The highest BCUT2D eigenvalue weighted by Gasteiger charge is 2.17. The highest BCUT2D eigenvalue weighted by molar-refractivity contribution is 5.93. The van der Waals surface area contributed by atoms with Crippen LogP contribution in [0.1, 0.15) is 38.1 Å². The third-order valence-corrected chi connectivity index (χ3v) is 1.75. The van der Waals surface area contributed by atoms with Crippen LogP contribution in [0.15, 0.2) is 12.4 Å². The number of carbonyl (C=O) groups is 2. The summed E-state index contributed by atoms with van der Waals surface area (Å²) in [5, 5.41) is 3.90. The van der Waals surface area contributed by atoms with Gasteiger partial charge in [0, 0.05) is 6.20 Å². The van der Waals surface area contributed by atoms with Gasteiger partial charge in [0.2, 0.25) is 0 Å². The van der Waals surface area contributed by atoms with Gasteiger partial charge in [-0.1, -0.05) is 0 Å². The van der Waals surface area contributed by atoms with Gasteiger partial charge in [-0.25, -0.2) is 0 Å². The van der Waals surface area contributed by atoms with Gasteiger partial charge in [-0.15, -0.1) is 0 Å². The van der Waals surface area contributed by atoms with Crippen molar-refractivity contribution in [2.75, 3.05) is 0 Å². The topological polar surface area (TPSA) is 61.2 Å². The first-order chi connectivity index (χ1) is 7.28. The van der Waals surface area contributed by atoms with Gasteiger partial charge in [0.05, 0.1) is 11.8 Å². The molecule has 1 rings (SSSR count). The number of esters is 1. The van der Waals surface area contributed by atoms with E-state index in [0.717, 1.165) is 0 Å². The Labute approximate surface area is 94.4 Å². The second kappa shape index (κ2) is 4.47. The van der Waals surface area contributed by atoms with Crippen molar-refractivity contribution in [2.24, 2.45) is 0 Å². The SMILES string of the molecule is CC(=O)c1cnn(CC(=O)OC(C)(C)C)c1. The lowest BCUT2D eigenvalue weighted by Crippen LogP contribution is -2.26. The molecule has 0 N–H and O–H groups in total. The van der Waals surface area contributed by atoms with Crippen molar-refractivity contribution in [1.29, 1.82) is 0 Å². The number of hydrogen-bond donors (Lipinski definition) is 0. The molecule has 88 valence electrons. The summed E-state index contributed by atoms with van der Waals surface area (Å²) in [6.07, 6.45) is 2.97. The Balaban J connectivity index is 2.60. The van der Waals surface area contributed by atoms with Crippen molar-refractivity contribution >= 4 is 11.8 Å². The number of carbonyl (C=O) groups excluding carboxylic acids is 2. The van der Waals surface area contributed by atoms with E-state index in [9.17, 15) is 9.59 Å². The van der Waals surface area contributed by atoms with Crippen LogP contribution in [0.5, 0.6) is 0 Å². The molecule has 1 heterocycles. The third kappa shape index (κ3) is 3.84. The van der Waals surface area contributed by atoms with Gasteiger partial charge in [-0.05, 0) is 27.7 Å². The van der Waals surface area contributed by atoms with Gasteiger partial charge in [-0.3, -0.25) is 14.3 Å². The van der Waals surface area contributed by atoms with Crippen LogP contribution >= 0.6 is 0 Å². The summed E-state index contributed by atoms with van der Waals surface area (Å²) >= 11 is 0. The van der Waals surface area contributed by atoms with Crippen molar-refractivity contribution in [3.63, 3.8) is 0 Å². The summed E-state index contributed by atoms with van der Waals surface area (Å²) in [5.74, 6) is -0.443. The minimum Gasteiger partial charge on any atom is -0.459 e. The lowest BCUT2D eigenvalue weighted by molar-refractivity contribution is -0.155. The lowest BCUT2D eigenvalue weighted by Gasteiger charge is -2.19. The van der Waals surface area contributed by atoms with E-state index in [-0.39, 0.29) is 18.3 Å². The summed E-state index contributed by atoms with van der Waals surface area (Å²) in [4.78, 5) is 22.4. The summed E-state index contributed by atoms with van der Waals surface area (Å²) < 4.78 is 6.52. The molecule has 0 radical (unpaired) electrons. The Kier molecular flexibility index (Phi) is 3.47. The van der Waals surface area contributed by atoms with Gasteiger partial charge in [-0.2, -0.15) is 5.10 Å². The molecule has 1 aromatic rings. The van der Waals surface area contributed by atoms with E-state index in [4.69, 9.17) is 4.74 Å². The van der Waals surface area contributed by atoms with E-state index in [1.807, 2.05) is 0 Å². The van der Waals surface area contributed by atoms with Gasteiger partial charge in [0.15, 0.2) is 5.78 Å². The average Bonchev–Trinajstić information content (AvgIpc) is 2.48. The Morgan fingerprint density at radius 3 is 2.50 bits per heavy atom. The van der Waals surface area contributed by atoms with Crippen LogP contribution < -0.4 is 0 Å².